The average molecular weight is 263 g/mol. The van der Waals surface area contributed by atoms with Crippen LogP contribution >= 0.6 is 11.5 Å². The van der Waals surface area contributed by atoms with Crippen LogP contribution in [0.3, 0.4) is 0 Å². The second-order valence-electron chi connectivity index (χ2n) is 3.79. The molecule has 0 radical (unpaired) electrons. The van der Waals surface area contributed by atoms with Gasteiger partial charge in [0.15, 0.2) is 0 Å². The zero-order valence-electron chi connectivity index (χ0n) is 10.2. The molecule has 0 spiro atoms. The van der Waals surface area contributed by atoms with Gasteiger partial charge in [-0.3, -0.25) is 0 Å². The van der Waals surface area contributed by atoms with E-state index in [2.05, 4.69) is 9.11 Å². The summed E-state index contributed by atoms with van der Waals surface area (Å²) in [6, 6.07) is 5.23. The molecule has 2 aromatic rings. The Balaban J connectivity index is 2.08. The molecule has 0 saturated heterocycles. The normalized spacial score (nSPS) is 10.1. The zero-order valence-corrected chi connectivity index (χ0v) is 11.0. The Morgan fingerprint density at radius 1 is 1.44 bits per heavy atom. The molecule has 0 fully saturated rings. The smallest absolute Gasteiger partial charge is 0.337 e. The molecule has 0 N–H and O–H groups in total. The van der Waals surface area contributed by atoms with Crippen molar-refractivity contribution in [2.24, 2.45) is 0 Å². The van der Waals surface area contributed by atoms with Gasteiger partial charge in [0.25, 0.3) is 0 Å². The first-order valence-electron chi connectivity index (χ1n) is 5.40. The van der Waals surface area contributed by atoms with E-state index in [9.17, 15) is 4.79 Å². The highest BCUT2D eigenvalue weighted by Gasteiger charge is 2.08. The van der Waals surface area contributed by atoms with Gasteiger partial charge in [0.2, 0.25) is 0 Å². The van der Waals surface area contributed by atoms with Gasteiger partial charge in [0.1, 0.15) is 12.4 Å². The van der Waals surface area contributed by atoms with Crippen molar-refractivity contribution >= 4 is 17.5 Å². The average Bonchev–Trinajstić information content (AvgIpc) is 2.89. The molecule has 0 bridgehead atoms. The van der Waals surface area contributed by atoms with Gasteiger partial charge in [-0.25, -0.2) is 9.17 Å². The van der Waals surface area contributed by atoms with Gasteiger partial charge in [-0.05, 0) is 42.2 Å². The third-order valence-electron chi connectivity index (χ3n) is 2.47. The minimum absolute atomic E-state index is 0.341. The number of rotatable bonds is 4. The third kappa shape index (κ3) is 2.87. The number of esters is 1. The van der Waals surface area contributed by atoms with Gasteiger partial charge in [0, 0.05) is 17.1 Å². The molecular weight excluding hydrogens is 250 g/mol. The Kier molecular flexibility index (Phi) is 3.94. The van der Waals surface area contributed by atoms with Crippen LogP contribution < -0.4 is 4.74 Å². The maximum Gasteiger partial charge on any atom is 0.337 e. The lowest BCUT2D eigenvalue weighted by Crippen LogP contribution is -2.02. The molecule has 94 valence electrons. The van der Waals surface area contributed by atoms with Gasteiger partial charge >= 0.3 is 5.97 Å². The molecule has 0 unspecified atom stereocenters. The zero-order chi connectivity index (χ0) is 13.0. The first-order chi connectivity index (χ1) is 8.70. The minimum Gasteiger partial charge on any atom is -0.489 e. The van der Waals surface area contributed by atoms with Crippen LogP contribution in [0.15, 0.2) is 29.8 Å². The number of benzene rings is 1. The number of nitrogens with zero attached hydrogens (tertiary/aromatic N) is 1. The Hall–Kier alpha value is -1.88. The SMILES string of the molecule is COC(=O)c1ccc(OCc2cnsc2)c(C)c1. The predicted octanol–water partition coefficient (Wildman–Crippen LogP) is 2.82. The first kappa shape index (κ1) is 12.6. The Bertz CT molecular complexity index is 537. The molecule has 4 nitrogen and oxygen atoms in total. The van der Waals surface area contributed by atoms with Crippen molar-refractivity contribution in [3.8, 4) is 5.75 Å². The molecule has 0 aliphatic rings. The van der Waals surface area contributed by atoms with E-state index in [1.165, 1.54) is 18.6 Å². The summed E-state index contributed by atoms with van der Waals surface area (Å²) in [5, 5.41) is 1.94. The first-order valence-corrected chi connectivity index (χ1v) is 6.24. The van der Waals surface area contributed by atoms with Crippen LogP contribution in [-0.4, -0.2) is 17.5 Å². The maximum absolute atomic E-state index is 11.4. The number of aromatic nitrogens is 1. The van der Waals surface area contributed by atoms with Crippen molar-refractivity contribution < 1.29 is 14.3 Å². The molecule has 0 saturated carbocycles. The van der Waals surface area contributed by atoms with E-state index in [4.69, 9.17) is 4.74 Å². The molecule has 0 amide bonds. The van der Waals surface area contributed by atoms with Gasteiger partial charge < -0.3 is 9.47 Å². The summed E-state index contributed by atoms with van der Waals surface area (Å²) in [4.78, 5) is 11.4. The Morgan fingerprint density at radius 3 is 2.89 bits per heavy atom. The van der Waals surface area contributed by atoms with Crippen molar-refractivity contribution in [1.29, 1.82) is 0 Å². The molecule has 0 atom stereocenters. The van der Waals surface area contributed by atoms with Crippen LogP contribution in [0.25, 0.3) is 0 Å². The monoisotopic (exact) mass is 263 g/mol. The van der Waals surface area contributed by atoms with Gasteiger partial charge in [-0.1, -0.05) is 0 Å². The lowest BCUT2D eigenvalue weighted by atomic mass is 10.1. The lowest BCUT2D eigenvalue weighted by Gasteiger charge is -2.09. The largest absolute Gasteiger partial charge is 0.489 e. The molecule has 5 heteroatoms. The van der Waals surface area contributed by atoms with Crippen LogP contribution in [0.5, 0.6) is 5.75 Å². The van der Waals surface area contributed by atoms with E-state index < -0.39 is 0 Å². The van der Waals surface area contributed by atoms with Crippen LogP contribution in [0.4, 0.5) is 0 Å². The minimum atomic E-state index is -0.341. The number of hydrogen-bond acceptors (Lipinski definition) is 5. The quantitative estimate of drug-likeness (QED) is 0.796. The number of methoxy groups -OCH3 is 1. The van der Waals surface area contributed by atoms with Crippen molar-refractivity contribution in [1.82, 2.24) is 4.37 Å². The highest BCUT2D eigenvalue weighted by atomic mass is 32.1. The fourth-order valence-corrected chi connectivity index (χ4v) is 2.04. The summed E-state index contributed by atoms with van der Waals surface area (Å²) in [6.07, 6.45) is 1.78. The maximum atomic E-state index is 11.4. The predicted molar refractivity (Wildman–Crippen MR) is 69.0 cm³/mol. The molecule has 0 aliphatic heterocycles. The van der Waals surface area contributed by atoms with Crippen molar-refractivity contribution in [2.45, 2.75) is 13.5 Å². The van der Waals surface area contributed by atoms with Crippen molar-refractivity contribution in [2.75, 3.05) is 7.11 Å². The summed E-state index contributed by atoms with van der Waals surface area (Å²) in [7, 11) is 1.37. The molecule has 2 rings (SSSR count). The summed E-state index contributed by atoms with van der Waals surface area (Å²) in [5.74, 6) is 0.417. The summed E-state index contributed by atoms with van der Waals surface area (Å²) < 4.78 is 14.3. The van der Waals surface area contributed by atoms with Crippen molar-refractivity contribution in [3.63, 3.8) is 0 Å². The third-order valence-corrected chi connectivity index (χ3v) is 3.11. The molecule has 1 aromatic carbocycles. The number of hydrogen-bond donors (Lipinski definition) is 0. The van der Waals surface area contributed by atoms with E-state index in [0.29, 0.717) is 12.2 Å². The Labute approximate surface area is 109 Å². The Morgan fingerprint density at radius 2 is 2.28 bits per heavy atom. The second-order valence-corrected chi connectivity index (χ2v) is 4.45. The van der Waals surface area contributed by atoms with E-state index in [1.807, 2.05) is 12.3 Å². The standard InChI is InChI=1S/C13H13NO3S/c1-9-5-11(13(15)16-2)3-4-12(9)17-7-10-6-14-18-8-10/h3-6,8H,7H2,1-2H3. The summed E-state index contributed by atoms with van der Waals surface area (Å²) >= 11 is 1.40. The molecule has 0 aliphatic carbocycles. The molecular formula is C13H13NO3S. The van der Waals surface area contributed by atoms with Gasteiger partial charge in [0.05, 0.1) is 12.7 Å². The highest BCUT2D eigenvalue weighted by molar-refractivity contribution is 7.03. The van der Waals surface area contributed by atoms with Gasteiger partial charge in [-0.15, -0.1) is 0 Å². The number of aryl methyl sites for hydroxylation is 1. The van der Waals surface area contributed by atoms with Crippen LogP contribution in [-0.2, 0) is 11.3 Å². The fraction of sp³-hybridized carbons (Fsp3) is 0.231. The van der Waals surface area contributed by atoms with Crippen LogP contribution in [0.2, 0.25) is 0 Å². The van der Waals surface area contributed by atoms with Crippen LogP contribution in [0.1, 0.15) is 21.5 Å². The van der Waals surface area contributed by atoms with Crippen molar-refractivity contribution in [3.05, 3.63) is 46.5 Å². The van der Waals surface area contributed by atoms with Gasteiger partial charge in [-0.2, -0.15) is 0 Å². The second kappa shape index (κ2) is 5.64. The lowest BCUT2D eigenvalue weighted by molar-refractivity contribution is 0.0600. The van der Waals surface area contributed by atoms with E-state index >= 15 is 0 Å². The summed E-state index contributed by atoms with van der Waals surface area (Å²) in [5.41, 5.74) is 2.47. The van der Waals surface area contributed by atoms with E-state index in [1.54, 1.807) is 24.4 Å². The number of ether oxygens (including phenoxy) is 2. The molecule has 1 heterocycles. The molecule has 1 aromatic heterocycles. The fourth-order valence-electron chi connectivity index (χ4n) is 1.52. The van der Waals surface area contributed by atoms with E-state index in [-0.39, 0.29) is 5.97 Å². The number of carbonyl (C=O) groups is 1. The number of carbonyl (C=O) groups excluding carboxylic acids is 1. The topological polar surface area (TPSA) is 48.4 Å². The van der Waals surface area contributed by atoms with E-state index in [0.717, 1.165) is 16.9 Å². The highest BCUT2D eigenvalue weighted by Crippen LogP contribution is 2.21. The van der Waals surface area contributed by atoms with Crippen LogP contribution in [0, 0.1) is 6.92 Å². The molecule has 18 heavy (non-hydrogen) atoms. The summed E-state index contributed by atoms with van der Waals surface area (Å²) in [6.45, 7) is 2.38.